The molecule has 1 saturated heterocycles. The van der Waals surface area contributed by atoms with E-state index < -0.39 is 0 Å². The van der Waals surface area contributed by atoms with Gasteiger partial charge in [0, 0.05) is 24.7 Å². The van der Waals surface area contributed by atoms with Crippen LogP contribution in [-0.2, 0) is 9.59 Å². The Bertz CT molecular complexity index is 459. The number of hydrogen-bond donors (Lipinski definition) is 3. The Hall–Kier alpha value is -1.88. The van der Waals surface area contributed by atoms with Gasteiger partial charge in [0.1, 0.15) is 0 Å². The summed E-state index contributed by atoms with van der Waals surface area (Å²) >= 11 is 0. The first-order valence-corrected chi connectivity index (χ1v) is 6.00. The molecule has 0 aliphatic carbocycles. The Balaban J connectivity index is 1.77. The molecule has 5 nitrogen and oxygen atoms in total. The van der Waals surface area contributed by atoms with E-state index in [1.807, 2.05) is 31.2 Å². The minimum atomic E-state index is -0.0973. The van der Waals surface area contributed by atoms with E-state index in [2.05, 4.69) is 16.0 Å². The van der Waals surface area contributed by atoms with Gasteiger partial charge in [0.25, 0.3) is 0 Å². The monoisotopic (exact) mass is 247 g/mol. The molecule has 1 aromatic rings. The smallest absolute Gasteiger partial charge is 0.238 e. The largest absolute Gasteiger partial charge is 0.354 e. The second-order valence-corrected chi connectivity index (χ2v) is 4.50. The predicted molar refractivity (Wildman–Crippen MR) is 69.2 cm³/mol. The Labute approximate surface area is 106 Å². The Morgan fingerprint density at radius 1 is 1.50 bits per heavy atom. The van der Waals surface area contributed by atoms with Gasteiger partial charge in [-0.1, -0.05) is 12.1 Å². The lowest BCUT2D eigenvalue weighted by molar-refractivity contribution is -0.119. The van der Waals surface area contributed by atoms with Crippen molar-refractivity contribution < 1.29 is 9.59 Å². The maximum absolute atomic E-state index is 11.7. The summed E-state index contributed by atoms with van der Waals surface area (Å²) in [6, 6.07) is 7.70. The van der Waals surface area contributed by atoms with Crippen LogP contribution in [0.1, 0.15) is 12.0 Å². The lowest BCUT2D eigenvalue weighted by atomic mass is 10.2. The van der Waals surface area contributed by atoms with Gasteiger partial charge in [-0.05, 0) is 24.6 Å². The van der Waals surface area contributed by atoms with Gasteiger partial charge in [-0.15, -0.1) is 0 Å². The topological polar surface area (TPSA) is 70.2 Å². The Morgan fingerprint density at radius 3 is 3.00 bits per heavy atom. The molecule has 1 fully saturated rings. The molecule has 5 heteroatoms. The standard InChI is InChI=1S/C13H17N3O2/c1-9-3-2-4-10(5-9)16-13(18)8-14-11-6-12(17)15-7-11/h2-5,11,14H,6-8H2,1H3,(H,15,17)(H,16,18). The molecular formula is C13H17N3O2. The fourth-order valence-electron chi connectivity index (χ4n) is 1.91. The molecule has 1 aliphatic rings. The van der Waals surface area contributed by atoms with Crippen LogP contribution < -0.4 is 16.0 Å². The van der Waals surface area contributed by atoms with Crippen LogP contribution in [0.3, 0.4) is 0 Å². The number of rotatable bonds is 4. The van der Waals surface area contributed by atoms with Gasteiger partial charge in [-0.2, -0.15) is 0 Å². The lowest BCUT2D eigenvalue weighted by Crippen LogP contribution is -2.37. The van der Waals surface area contributed by atoms with Gasteiger partial charge in [0.05, 0.1) is 6.54 Å². The molecule has 3 N–H and O–H groups in total. The fourth-order valence-corrected chi connectivity index (χ4v) is 1.91. The van der Waals surface area contributed by atoms with Crippen LogP contribution in [0, 0.1) is 6.92 Å². The number of aryl methyl sites for hydroxylation is 1. The van der Waals surface area contributed by atoms with E-state index >= 15 is 0 Å². The summed E-state index contributed by atoms with van der Waals surface area (Å²) in [5.74, 6) is -0.0634. The van der Waals surface area contributed by atoms with Gasteiger partial charge in [0.2, 0.25) is 11.8 Å². The highest BCUT2D eigenvalue weighted by molar-refractivity contribution is 5.92. The zero-order valence-corrected chi connectivity index (χ0v) is 10.3. The van der Waals surface area contributed by atoms with Crippen LogP contribution in [0.5, 0.6) is 0 Å². The van der Waals surface area contributed by atoms with Crippen molar-refractivity contribution in [2.45, 2.75) is 19.4 Å². The molecule has 1 aliphatic heterocycles. The lowest BCUT2D eigenvalue weighted by Gasteiger charge is -2.10. The summed E-state index contributed by atoms with van der Waals surface area (Å²) < 4.78 is 0. The maximum Gasteiger partial charge on any atom is 0.238 e. The van der Waals surface area contributed by atoms with Crippen LogP contribution in [0.15, 0.2) is 24.3 Å². The van der Waals surface area contributed by atoms with Crippen molar-refractivity contribution in [1.29, 1.82) is 0 Å². The molecule has 2 rings (SSSR count). The van der Waals surface area contributed by atoms with Gasteiger partial charge in [-0.3, -0.25) is 9.59 Å². The van der Waals surface area contributed by atoms with E-state index in [4.69, 9.17) is 0 Å². The van der Waals surface area contributed by atoms with Gasteiger partial charge in [-0.25, -0.2) is 0 Å². The number of nitrogens with one attached hydrogen (secondary N) is 3. The van der Waals surface area contributed by atoms with Crippen molar-refractivity contribution in [3.8, 4) is 0 Å². The molecule has 0 radical (unpaired) electrons. The van der Waals surface area contributed by atoms with Crippen molar-refractivity contribution in [2.75, 3.05) is 18.4 Å². The highest BCUT2D eigenvalue weighted by Crippen LogP contribution is 2.09. The molecule has 2 amide bonds. The number of amides is 2. The molecule has 96 valence electrons. The van der Waals surface area contributed by atoms with Crippen LogP contribution in [0.4, 0.5) is 5.69 Å². The first kappa shape index (κ1) is 12.6. The average molecular weight is 247 g/mol. The minimum absolute atomic E-state index is 0.0339. The van der Waals surface area contributed by atoms with E-state index in [0.717, 1.165) is 11.3 Å². The van der Waals surface area contributed by atoms with Crippen LogP contribution in [0.25, 0.3) is 0 Å². The fraction of sp³-hybridized carbons (Fsp3) is 0.385. The minimum Gasteiger partial charge on any atom is -0.354 e. The first-order chi connectivity index (χ1) is 8.63. The number of carbonyl (C=O) groups is 2. The summed E-state index contributed by atoms with van der Waals surface area (Å²) in [6.45, 7) is 2.79. The molecule has 0 spiro atoms. The van der Waals surface area contributed by atoms with Gasteiger partial charge in [0.15, 0.2) is 0 Å². The number of carbonyl (C=O) groups excluding carboxylic acids is 2. The zero-order chi connectivity index (χ0) is 13.0. The molecule has 1 unspecified atom stereocenters. The predicted octanol–water partition coefficient (Wildman–Crippen LogP) is 0.412. The van der Waals surface area contributed by atoms with Crippen molar-refractivity contribution in [2.24, 2.45) is 0 Å². The zero-order valence-electron chi connectivity index (χ0n) is 10.3. The van der Waals surface area contributed by atoms with Crippen molar-refractivity contribution in [1.82, 2.24) is 10.6 Å². The van der Waals surface area contributed by atoms with Crippen LogP contribution in [0.2, 0.25) is 0 Å². The number of hydrogen-bond acceptors (Lipinski definition) is 3. The molecule has 1 aromatic carbocycles. The third kappa shape index (κ3) is 3.56. The summed E-state index contributed by atoms with van der Waals surface area (Å²) in [7, 11) is 0. The highest BCUT2D eigenvalue weighted by Gasteiger charge is 2.21. The van der Waals surface area contributed by atoms with Crippen molar-refractivity contribution >= 4 is 17.5 Å². The number of anilines is 1. The van der Waals surface area contributed by atoms with Gasteiger partial charge < -0.3 is 16.0 Å². The van der Waals surface area contributed by atoms with Gasteiger partial charge >= 0.3 is 0 Å². The van der Waals surface area contributed by atoms with E-state index in [1.54, 1.807) is 0 Å². The molecule has 0 saturated carbocycles. The van der Waals surface area contributed by atoms with E-state index in [9.17, 15) is 9.59 Å². The third-order valence-electron chi connectivity index (χ3n) is 2.83. The third-order valence-corrected chi connectivity index (χ3v) is 2.83. The van der Waals surface area contributed by atoms with Crippen LogP contribution in [-0.4, -0.2) is 30.9 Å². The van der Waals surface area contributed by atoms with E-state index in [0.29, 0.717) is 13.0 Å². The Morgan fingerprint density at radius 2 is 2.33 bits per heavy atom. The van der Waals surface area contributed by atoms with Crippen LogP contribution >= 0.6 is 0 Å². The Kier molecular flexibility index (Phi) is 3.94. The second kappa shape index (κ2) is 5.64. The molecule has 0 bridgehead atoms. The summed E-state index contributed by atoms with van der Waals surface area (Å²) in [6.07, 6.45) is 0.442. The molecule has 18 heavy (non-hydrogen) atoms. The summed E-state index contributed by atoms with van der Waals surface area (Å²) in [5.41, 5.74) is 1.90. The average Bonchev–Trinajstić information content (AvgIpc) is 2.73. The maximum atomic E-state index is 11.7. The summed E-state index contributed by atoms with van der Waals surface area (Å²) in [4.78, 5) is 22.7. The van der Waals surface area contributed by atoms with Crippen molar-refractivity contribution in [3.63, 3.8) is 0 Å². The second-order valence-electron chi connectivity index (χ2n) is 4.50. The normalized spacial score (nSPS) is 18.5. The molecule has 0 aromatic heterocycles. The molecular weight excluding hydrogens is 230 g/mol. The first-order valence-electron chi connectivity index (χ1n) is 6.00. The van der Waals surface area contributed by atoms with E-state index in [-0.39, 0.29) is 24.4 Å². The molecule has 1 atom stereocenters. The highest BCUT2D eigenvalue weighted by atomic mass is 16.2. The summed E-state index contributed by atoms with van der Waals surface area (Å²) in [5, 5.41) is 8.58. The van der Waals surface area contributed by atoms with E-state index in [1.165, 1.54) is 0 Å². The number of benzene rings is 1. The van der Waals surface area contributed by atoms with Crippen molar-refractivity contribution in [3.05, 3.63) is 29.8 Å². The quantitative estimate of drug-likeness (QED) is 0.722. The SMILES string of the molecule is Cc1cccc(NC(=O)CNC2CNC(=O)C2)c1. The molecule has 1 heterocycles.